The molecule has 0 radical (unpaired) electrons. The molecule has 0 atom stereocenters. The van der Waals surface area contributed by atoms with E-state index in [4.69, 9.17) is 17.3 Å². The van der Waals surface area contributed by atoms with Crippen LogP contribution in [0.15, 0.2) is 42.5 Å². The second-order valence-corrected chi connectivity index (χ2v) is 5.39. The van der Waals surface area contributed by atoms with Crippen molar-refractivity contribution in [3.05, 3.63) is 58.6 Å². The number of carbonyl (C=O) groups excluding carboxylic acids is 1. The van der Waals surface area contributed by atoms with Crippen molar-refractivity contribution in [2.45, 2.75) is 6.54 Å². The Balaban J connectivity index is 2.04. The highest BCUT2D eigenvalue weighted by atomic mass is 35.5. The predicted octanol–water partition coefficient (Wildman–Crippen LogP) is 2.68. The Bertz CT molecular complexity index is 687. The number of nitrogens with two attached hydrogens (primary N) is 1. The van der Waals surface area contributed by atoms with Gasteiger partial charge < -0.3 is 16.0 Å². The van der Waals surface area contributed by atoms with Crippen molar-refractivity contribution in [1.82, 2.24) is 5.32 Å². The van der Waals surface area contributed by atoms with E-state index in [1.807, 2.05) is 18.2 Å². The van der Waals surface area contributed by atoms with Crippen LogP contribution in [0, 0.1) is 0 Å². The van der Waals surface area contributed by atoms with Crippen LogP contribution in [0.4, 0.5) is 11.4 Å². The monoisotopic (exact) mass is 301 g/mol. The zero-order chi connectivity index (χ0) is 14.8. The van der Waals surface area contributed by atoms with Crippen LogP contribution in [-0.4, -0.2) is 19.0 Å². The maximum Gasteiger partial charge on any atom is 0.250 e. The number of anilines is 2. The van der Waals surface area contributed by atoms with Crippen molar-refractivity contribution >= 4 is 28.9 Å². The van der Waals surface area contributed by atoms with E-state index in [0.29, 0.717) is 10.6 Å². The normalized spacial score (nSPS) is 14.4. The van der Waals surface area contributed by atoms with Crippen LogP contribution in [-0.2, 0) is 6.54 Å². The predicted molar refractivity (Wildman–Crippen MR) is 85.1 cm³/mol. The first-order chi connectivity index (χ1) is 10.2. The van der Waals surface area contributed by atoms with E-state index in [1.54, 1.807) is 12.1 Å². The largest absolute Gasteiger partial charge is 0.366 e. The quantitative estimate of drug-likeness (QED) is 0.896. The van der Waals surface area contributed by atoms with Gasteiger partial charge in [0.15, 0.2) is 0 Å². The van der Waals surface area contributed by atoms with Gasteiger partial charge in [0.05, 0.1) is 10.6 Å². The number of carbonyl (C=O) groups is 1. The van der Waals surface area contributed by atoms with Gasteiger partial charge >= 0.3 is 0 Å². The lowest BCUT2D eigenvalue weighted by Crippen LogP contribution is -2.24. The summed E-state index contributed by atoms with van der Waals surface area (Å²) in [4.78, 5) is 13.5. The Kier molecular flexibility index (Phi) is 3.82. The smallest absolute Gasteiger partial charge is 0.250 e. The van der Waals surface area contributed by atoms with Crippen LogP contribution in [0.25, 0.3) is 0 Å². The van der Waals surface area contributed by atoms with E-state index >= 15 is 0 Å². The molecule has 1 amide bonds. The number of rotatable bonds is 2. The third-order valence-electron chi connectivity index (χ3n) is 3.64. The number of benzene rings is 2. The number of hydrogen-bond acceptors (Lipinski definition) is 3. The Morgan fingerprint density at radius 2 is 2.05 bits per heavy atom. The maximum atomic E-state index is 11.3. The molecule has 1 heterocycles. The van der Waals surface area contributed by atoms with Crippen LogP contribution in [0.2, 0.25) is 5.02 Å². The Morgan fingerprint density at radius 1 is 1.24 bits per heavy atom. The van der Waals surface area contributed by atoms with Gasteiger partial charge in [0.25, 0.3) is 0 Å². The van der Waals surface area contributed by atoms with E-state index in [2.05, 4.69) is 22.3 Å². The molecule has 108 valence electrons. The summed E-state index contributed by atoms with van der Waals surface area (Å²) in [6.07, 6.45) is 0. The minimum Gasteiger partial charge on any atom is -0.366 e. The number of nitrogens with zero attached hydrogens (tertiary/aromatic N) is 1. The second-order valence-electron chi connectivity index (χ2n) is 4.99. The van der Waals surface area contributed by atoms with Crippen molar-refractivity contribution < 1.29 is 4.79 Å². The lowest BCUT2D eigenvalue weighted by molar-refractivity contribution is 0.100. The summed E-state index contributed by atoms with van der Waals surface area (Å²) in [5.41, 5.74) is 9.00. The Labute approximate surface area is 128 Å². The minimum atomic E-state index is -0.510. The lowest BCUT2D eigenvalue weighted by Gasteiger charge is -2.25. The first-order valence-corrected chi connectivity index (χ1v) is 7.20. The third-order valence-corrected chi connectivity index (χ3v) is 3.95. The van der Waals surface area contributed by atoms with Crippen LogP contribution in [0.1, 0.15) is 15.9 Å². The molecule has 1 aliphatic heterocycles. The molecule has 4 nitrogen and oxygen atoms in total. The molecule has 2 aromatic rings. The molecule has 21 heavy (non-hydrogen) atoms. The zero-order valence-electron chi connectivity index (χ0n) is 11.5. The van der Waals surface area contributed by atoms with E-state index in [1.165, 1.54) is 5.56 Å². The summed E-state index contributed by atoms with van der Waals surface area (Å²) in [6.45, 7) is 2.56. The third kappa shape index (κ3) is 2.73. The van der Waals surface area contributed by atoms with Crippen molar-refractivity contribution in [2.75, 3.05) is 18.0 Å². The summed E-state index contributed by atoms with van der Waals surface area (Å²) < 4.78 is 0. The van der Waals surface area contributed by atoms with Crippen LogP contribution < -0.4 is 16.0 Å². The molecule has 1 aliphatic rings. The number of hydrogen-bond donors (Lipinski definition) is 2. The van der Waals surface area contributed by atoms with Crippen molar-refractivity contribution in [3.8, 4) is 0 Å². The number of para-hydroxylation sites is 1. The fourth-order valence-corrected chi connectivity index (χ4v) is 2.87. The highest BCUT2D eigenvalue weighted by molar-refractivity contribution is 6.34. The van der Waals surface area contributed by atoms with Gasteiger partial charge in [0.2, 0.25) is 5.91 Å². The number of fused-ring (bicyclic) bond motifs is 1. The number of amides is 1. The fraction of sp³-hybridized carbons (Fsp3) is 0.188. The van der Waals surface area contributed by atoms with Gasteiger partial charge in [-0.1, -0.05) is 29.8 Å². The molecule has 0 fully saturated rings. The van der Waals surface area contributed by atoms with E-state index in [9.17, 15) is 4.79 Å². The first kappa shape index (κ1) is 13.9. The van der Waals surface area contributed by atoms with Gasteiger partial charge in [0, 0.05) is 31.0 Å². The summed E-state index contributed by atoms with van der Waals surface area (Å²) in [7, 11) is 0. The summed E-state index contributed by atoms with van der Waals surface area (Å²) >= 11 is 6.17. The minimum absolute atomic E-state index is 0.349. The van der Waals surface area contributed by atoms with E-state index in [-0.39, 0.29) is 0 Å². The van der Waals surface area contributed by atoms with E-state index in [0.717, 1.165) is 31.0 Å². The van der Waals surface area contributed by atoms with Gasteiger partial charge in [-0.25, -0.2) is 0 Å². The Hall–Kier alpha value is -2.04. The topological polar surface area (TPSA) is 58.4 Å². The fourth-order valence-electron chi connectivity index (χ4n) is 2.60. The summed E-state index contributed by atoms with van der Waals surface area (Å²) in [6, 6.07) is 13.6. The standard InChI is InChI=1S/C16H16ClN3O/c17-14-9-12(5-6-13(14)16(18)21)20-8-7-19-10-11-3-1-2-4-15(11)20/h1-6,9,19H,7-8,10H2,(H2,18,21). The van der Waals surface area contributed by atoms with Gasteiger partial charge in [-0.3, -0.25) is 4.79 Å². The highest BCUT2D eigenvalue weighted by Gasteiger charge is 2.17. The molecule has 0 aromatic heterocycles. The summed E-state index contributed by atoms with van der Waals surface area (Å²) in [5.74, 6) is -0.510. The molecular weight excluding hydrogens is 286 g/mol. The molecule has 3 N–H and O–H groups in total. The second kappa shape index (κ2) is 5.76. The SMILES string of the molecule is NC(=O)c1ccc(N2CCNCc3ccccc32)cc1Cl. The highest BCUT2D eigenvalue weighted by Crippen LogP contribution is 2.32. The molecule has 0 saturated carbocycles. The van der Waals surface area contributed by atoms with Gasteiger partial charge in [-0.15, -0.1) is 0 Å². The van der Waals surface area contributed by atoms with Crippen LogP contribution >= 0.6 is 11.6 Å². The van der Waals surface area contributed by atoms with Gasteiger partial charge in [0.1, 0.15) is 0 Å². The molecule has 0 aliphatic carbocycles. The molecule has 0 bridgehead atoms. The number of primary amides is 1. The van der Waals surface area contributed by atoms with Crippen molar-refractivity contribution in [2.24, 2.45) is 5.73 Å². The van der Waals surface area contributed by atoms with Crippen molar-refractivity contribution in [1.29, 1.82) is 0 Å². The van der Waals surface area contributed by atoms with Gasteiger partial charge in [-0.2, -0.15) is 0 Å². The molecule has 3 rings (SSSR count). The zero-order valence-corrected chi connectivity index (χ0v) is 12.2. The van der Waals surface area contributed by atoms with Crippen LogP contribution in [0.5, 0.6) is 0 Å². The van der Waals surface area contributed by atoms with Gasteiger partial charge in [-0.05, 0) is 29.8 Å². The van der Waals surface area contributed by atoms with Crippen LogP contribution in [0.3, 0.4) is 0 Å². The summed E-state index contributed by atoms with van der Waals surface area (Å²) in [5, 5.41) is 3.78. The molecule has 0 unspecified atom stereocenters. The first-order valence-electron chi connectivity index (χ1n) is 6.82. The van der Waals surface area contributed by atoms with Crippen molar-refractivity contribution in [3.63, 3.8) is 0 Å². The average Bonchev–Trinajstić information content (AvgIpc) is 2.69. The number of nitrogens with one attached hydrogen (secondary N) is 1. The maximum absolute atomic E-state index is 11.3. The van der Waals surface area contributed by atoms with E-state index < -0.39 is 5.91 Å². The molecule has 5 heteroatoms. The number of halogens is 1. The Morgan fingerprint density at radius 3 is 2.81 bits per heavy atom. The molecule has 0 saturated heterocycles. The molecule has 2 aromatic carbocycles. The average molecular weight is 302 g/mol. The molecular formula is C16H16ClN3O. The molecule has 0 spiro atoms. The lowest BCUT2D eigenvalue weighted by atomic mass is 10.1.